The van der Waals surface area contributed by atoms with Crippen molar-refractivity contribution >= 4 is 35.7 Å². The fourth-order valence-corrected chi connectivity index (χ4v) is 2.98. The third kappa shape index (κ3) is 13.9. The van der Waals surface area contributed by atoms with E-state index in [-0.39, 0.29) is 37.9 Å². The smallest absolute Gasteiger partial charge is 0.305 e. The van der Waals surface area contributed by atoms with Crippen molar-refractivity contribution in [2.45, 2.75) is 91.9 Å². The van der Waals surface area contributed by atoms with E-state index in [2.05, 4.69) is 10.6 Å². The van der Waals surface area contributed by atoms with E-state index in [0.717, 1.165) is 13.8 Å². The molecule has 0 aromatic heterocycles. The molecule has 38 heavy (non-hydrogen) atoms. The lowest BCUT2D eigenvalue weighted by molar-refractivity contribution is -0.177. The van der Waals surface area contributed by atoms with Crippen LogP contribution in [0.4, 0.5) is 0 Å². The Morgan fingerprint density at radius 2 is 0.974 bits per heavy atom. The number of carbonyl (C=O) groups excluding carboxylic acids is 4. The van der Waals surface area contributed by atoms with Gasteiger partial charge in [-0.25, -0.2) is 0 Å². The molecule has 0 spiro atoms. The number of hydrogen-bond acceptors (Lipinski definition) is 10. The maximum absolute atomic E-state index is 13.2. The molecule has 0 heterocycles. The van der Waals surface area contributed by atoms with Gasteiger partial charge < -0.3 is 39.8 Å². The van der Waals surface area contributed by atoms with E-state index in [9.17, 15) is 28.8 Å². The van der Waals surface area contributed by atoms with Crippen molar-refractivity contribution < 1.29 is 57.9 Å². The van der Waals surface area contributed by atoms with Crippen molar-refractivity contribution in [1.82, 2.24) is 10.6 Å². The molecule has 0 aromatic carbocycles. The Hall–Kier alpha value is -3.26. The largest absolute Gasteiger partial charge is 0.481 e. The molecule has 6 atom stereocenters. The lowest BCUT2D eigenvalue weighted by Gasteiger charge is -2.31. The Balaban J connectivity index is 5.98. The maximum atomic E-state index is 13.2. The van der Waals surface area contributed by atoms with Crippen LogP contribution in [-0.2, 0) is 47.7 Å². The summed E-state index contributed by atoms with van der Waals surface area (Å²) in [6.45, 7) is 8.62. The molecule has 0 aliphatic rings. The van der Waals surface area contributed by atoms with E-state index >= 15 is 0 Å². The second kappa shape index (κ2) is 18.1. The summed E-state index contributed by atoms with van der Waals surface area (Å²) in [6.07, 6.45) is -5.47. The van der Waals surface area contributed by atoms with Crippen LogP contribution in [0.15, 0.2) is 0 Å². The Labute approximate surface area is 221 Å². The highest BCUT2D eigenvalue weighted by Crippen LogP contribution is 2.15. The summed E-state index contributed by atoms with van der Waals surface area (Å²) in [4.78, 5) is 71.7. The Kier molecular flexibility index (Phi) is 16.5. The van der Waals surface area contributed by atoms with Crippen molar-refractivity contribution in [3.05, 3.63) is 0 Å². The summed E-state index contributed by atoms with van der Waals surface area (Å²) in [5.74, 6) is -6.75. The van der Waals surface area contributed by atoms with Gasteiger partial charge in [-0.15, -0.1) is 0 Å². The average Bonchev–Trinajstić information content (AvgIpc) is 2.82. The molecule has 0 fully saturated rings. The Morgan fingerprint density at radius 1 is 0.658 bits per heavy atom. The number of carbonyl (C=O) groups is 6. The highest BCUT2D eigenvalue weighted by Gasteiger charge is 2.41. The summed E-state index contributed by atoms with van der Waals surface area (Å²) in [5.41, 5.74) is 0. The third-order valence-electron chi connectivity index (χ3n) is 5.49. The average molecular weight is 549 g/mol. The van der Waals surface area contributed by atoms with Gasteiger partial charge in [-0.05, 0) is 12.8 Å². The second-order valence-corrected chi connectivity index (χ2v) is 8.72. The van der Waals surface area contributed by atoms with Crippen molar-refractivity contribution in [1.29, 1.82) is 0 Å². The van der Waals surface area contributed by atoms with Gasteiger partial charge in [0, 0.05) is 25.7 Å². The van der Waals surface area contributed by atoms with Crippen LogP contribution < -0.4 is 10.6 Å². The molecular formula is C24H40N2O12. The van der Waals surface area contributed by atoms with Crippen LogP contribution in [0.5, 0.6) is 0 Å². The number of carboxylic acid groups (broad SMARTS) is 2. The SMILES string of the molecule is CCC(C)C(NC(=O)[C@@H](OC(C)=O)[C@H](OC(C)=O)C(=O)NC(OCCC(=O)O)C(C)CC)OCCC(=O)O. The Bertz CT molecular complexity index is 752. The second-order valence-electron chi connectivity index (χ2n) is 8.72. The first-order chi connectivity index (χ1) is 17.7. The third-order valence-corrected chi connectivity index (χ3v) is 5.49. The number of amides is 2. The van der Waals surface area contributed by atoms with Gasteiger partial charge >= 0.3 is 23.9 Å². The summed E-state index contributed by atoms with van der Waals surface area (Å²) < 4.78 is 21.1. The molecule has 0 saturated carbocycles. The molecule has 0 saturated heterocycles. The first kappa shape index (κ1) is 34.7. The number of ether oxygens (including phenoxy) is 4. The lowest BCUT2D eigenvalue weighted by Crippen LogP contribution is -2.57. The van der Waals surface area contributed by atoms with Crippen molar-refractivity contribution in [3.63, 3.8) is 0 Å². The summed E-state index contributed by atoms with van der Waals surface area (Å²) in [5, 5.41) is 22.7. The molecule has 0 radical (unpaired) electrons. The first-order valence-electron chi connectivity index (χ1n) is 12.3. The molecule has 0 bridgehead atoms. The van der Waals surface area contributed by atoms with E-state index < -0.39 is 60.4 Å². The summed E-state index contributed by atoms with van der Waals surface area (Å²) >= 11 is 0. The number of esters is 2. The van der Waals surface area contributed by atoms with Crippen LogP contribution >= 0.6 is 0 Å². The minimum absolute atomic E-state index is 0.221. The van der Waals surface area contributed by atoms with Crippen LogP contribution in [0.2, 0.25) is 0 Å². The minimum atomic E-state index is -1.93. The quantitative estimate of drug-likeness (QED) is 0.131. The van der Waals surface area contributed by atoms with Crippen molar-refractivity contribution in [2.75, 3.05) is 13.2 Å². The zero-order valence-corrected chi connectivity index (χ0v) is 22.7. The molecule has 14 heteroatoms. The number of hydrogen-bond donors (Lipinski definition) is 4. The summed E-state index contributed by atoms with van der Waals surface area (Å²) in [6, 6.07) is 0. The van der Waals surface area contributed by atoms with Gasteiger partial charge in [-0.1, -0.05) is 27.7 Å². The fraction of sp³-hybridized carbons (Fsp3) is 0.750. The predicted octanol–water partition coefficient (Wildman–Crippen LogP) is 0.809. The maximum Gasteiger partial charge on any atom is 0.305 e. The number of carboxylic acids is 2. The lowest BCUT2D eigenvalue weighted by atomic mass is 10.1. The number of aliphatic carboxylic acids is 2. The van der Waals surface area contributed by atoms with Gasteiger partial charge in [0.15, 0.2) is 0 Å². The first-order valence-corrected chi connectivity index (χ1v) is 12.3. The zero-order chi connectivity index (χ0) is 29.4. The molecular weight excluding hydrogens is 508 g/mol. The van der Waals surface area contributed by atoms with Gasteiger partial charge in [0.05, 0.1) is 26.1 Å². The van der Waals surface area contributed by atoms with Gasteiger partial charge in [0.1, 0.15) is 12.5 Å². The van der Waals surface area contributed by atoms with Crippen molar-refractivity contribution in [3.8, 4) is 0 Å². The van der Waals surface area contributed by atoms with Crippen LogP contribution in [0.25, 0.3) is 0 Å². The van der Waals surface area contributed by atoms with Crippen LogP contribution in [0, 0.1) is 11.8 Å². The van der Waals surface area contributed by atoms with Gasteiger partial charge in [-0.2, -0.15) is 0 Å². The van der Waals surface area contributed by atoms with Gasteiger partial charge in [0.25, 0.3) is 11.8 Å². The van der Waals surface area contributed by atoms with Gasteiger partial charge in [-0.3, -0.25) is 28.8 Å². The number of rotatable bonds is 19. The molecule has 14 nitrogen and oxygen atoms in total. The molecule has 2 amide bonds. The Morgan fingerprint density at radius 3 is 1.21 bits per heavy atom. The molecule has 0 aliphatic carbocycles. The van der Waals surface area contributed by atoms with Crippen LogP contribution in [0.3, 0.4) is 0 Å². The van der Waals surface area contributed by atoms with E-state index in [1.807, 2.05) is 13.8 Å². The monoisotopic (exact) mass is 548 g/mol. The van der Waals surface area contributed by atoms with E-state index in [1.165, 1.54) is 0 Å². The molecule has 0 rings (SSSR count). The predicted molar refractivity (Wildman–Crippen MR) is 130 cm³/mol. The highest BCUT2D eigenvalue weighted by atomic mass is 16.6. The normalized spacial score (nSPS) is 15.6. The zero-order valence-electron chi connectivity index (χ0n) is 22.7. The van der Waals surface area contributed by atoms with E-state index in [4.69, 9.17) is 29.2 Å². The molecule has 218 valence electrons. The minimum Gasteiger partial charge on any atom is -0.481 e. The number of nitrogens with one attached hydrogen (secondary N) is 2. The van der Waals surface area contributed by atoms with Crippen molar-refractivity contribution in [2.24, 2.45) is 11.8 Å². The molecule has 4 N–H and O–H groups in total. The highest BCUT2D eigenvalue weighted by molar-refractivity contribution is 5.93. The van der Waals surface area contributed by atoms with Crippen LogP contribution in [-0.4, -0.2) is 83.8 Å². The van der Waals surface area contributed by atoms with E-state index in [1.54, 1.807) is 13.8 Å². The van der Waals surface area contributed by atoms with E-state index in [0.29, 0.717) is 12.8 Å². The molecule has 4 unspecified atom stereocenters. The summed E-state index contributed by atoms with van der Waals surface area (Å²) in [7, 11) is 0. The van der Waals surface area contributed by atoms with Crippen LogP contribution in [0.1, 0.15) is 67.2 Å². The topological polar surface area (TPSA) is 204 Å². The standard InChI is InChI=1S/C24H40N2O12/c1-7-13(3)23(35-11-9-17(29)30)25-21(33)19(37-15(5)27)20(38-16(6)28)22(34)26-24(14(4)8-2)36-12-10-18(31)32/h13-14,19-20,23-24H,7-12H2,1-6H3,(H,25,33)(H,26,34)(H,29,30)(H,31,32)/t13?,14?,19-,20-,23?,24?/m0/s1. The van der Waals surface area contributed by atoms with Gasteiger partial charge in [0.2, 0.25) is 12.2 Å². The fourth-order valence-electron chi connectivity index (χ4n) is 2.98. The molecule has 0 aromatic rings. The molecule has 0 aliphatic heterocycles.